The molecular formula is C16H22Cl2N2. The number of rotatable bonds is 5. The lowest BCUT2D eigenvalue weighted by molar-refractivity contribution is 0.415. The molecule has 1 aromatic heterocycles. The smallest absolute Gasteiger partial charge is 0.0514 e. The molecule has 0 radical (unpaired) electrons. The molecule has 0 aliphatic carbocycles. The number of unbranched alkanes of at least 4 members (excludes halogenated alkanes) is 1. The fraction of sp³-hybridized carbons (Fsp3) is 0.500. The lowest BCUT2D eigenvalue weighted by Crippen LogP contribution is -2.36. The number of hydrogen-bond acceptors (Lipinski definition) is 1. The summed E-state index contributed by atoms with van der Waals surface area (Å²) in [5, 5.41) is 5.99. The SMILES string of the molecule is CC(C)(C)NCCCCn1ccc2c(Cl)cc(Cl)cc21. The highest BCUT2D eigenvalue weighted by Crippen LogP contribution is 2.28. The number of fused-ring (bicyclic) bond motifs is 1. The fourth-order valence-electron chi connectivity index (χ4n) is 2.28. The van der Waals surface area contributed by atoms with Gasteiger partial charge >= 0.3 is 0 Å². The van der Waals surface area contributed by atoms with Gasteiger partial charge in [0.2, 0.25) is 0 Å². The summed E-state index contributed by atoms with van der Waals surface area (Å²) >= 11 is 12.3. The van der Waals surface area contributed by atoms with Crippen molar-refractivity contribution < 1.29 is 0 Å². The molecule has 0 atom stereocenters. The molecule has 0 unspecified atom stereocenters. The van der Waals surface area contributed by atoms with E-state index in [1.54, 1.807) is 6.07 Å². The minimum atomic E-state index is 0.196. The van der Waals surface area contributed by atoms with Crippen LogP contribution < -0.4 is 5.32 Å². The summed E-state index contributed by atoms with van der Waals surface area (Å²) in [4.78, 5) is 0. The van der Waals surface area contributed by atoms with Crippen LogP contribution in [0.1, 0.15) is 33.6 Å². The van der Waals surface area contributed by atoms with E-state index in [2.05, 4.69) is 42.9 Å². The molecular weight excluding hydrogens is 291 g/mol. The first-order valence-electron chi connectivity index (χ1n) is 7.06. The molecule has 0 saturated heterocycles. The predicted molar refractivity (Wildman–Crippen MR) is 88.9 cm³/mol. The van der Waals surface area contributed by atoms with Crippen molar-refractivity contribution in [3.63, 3.8) is 0 Å². The van der Waals surface area contributed by atoms with Crippen molar-refractivity contribution in [2.45, 2.75) is 45.7 Å². The summed E-state index contributed by atoms with van der Waals surface area (Å²) in [6.45, 7) is 8.61. The lowest BCUT2D eigenvalue weighted by Gasteiger charge is -2.20. The van der Waals surface area contributed by atoms with Crippen molar-refractivity contribution in [1.82, 2.24) is 9.88 Å². The van der Waals surface area contributed by atoms with Crippen LogP contribution >= 0.6 is 23.2 Å². The van der Waals surface area contributed by atoms with Crippen molar-refractivity contribution in [3.05, 3.63) is 34.4 Å². The van der Waals surface area contributed by atoms with Crippen LogP contribution in [0.15, 0.2) is 24.4 Å². The molecule has 2 rings (SSSR count). The van der Waals surface area contributed by atoms with Gasteiger partial charge in [-0.3, -0.25) is 0 Å². The van der Waals surface area contributed by atoms with Gasteiger partial charge in [0, 0.05) is 28.7 Å². The van der Waals surface area contributed by atoms with Gasteiger partial charge in [-0.15, -0.1) is 0 Å². The molecule has 110 valence electrons. The molecule has 2 nitrogen and oxygen atoms in total. The largest absolute Gasteiger partial charge is 0.347 e. The minimum Gasteiger partial charge on any atom is -0.347 e. The first kappa shape index (κ1) is 15.7. The van der Waals surface area contributed by atoms with E-state index in [0.29, 0.717) is 5.02 Å². The molecule has 1 aromatic carbocycles. The van der Waals surface area contributed by atoms with E-state index >= 15 is 0 Å². The Bertz CT molecular complexity index is 582. The fourth-order valence-corrected chi connectivity index (χ4v) is 2.83. The van der Waals surface area contributed by atoms with Gasteiger partial charge in [0.1, 0.15) is 0 Å². The molecule has 4 heteroatoms. The maximum absolute atomic E-state index is 6.20. The van der Waals surface area contributed by atoms with Crippen molar-refractivity contribution in [3.8, 4) is 0 Å². The number of aryl methyl sites for hydroxylation is 1. The van der Waals surface area contributed by atoms with E-state index in [-0.39, 0.29) is 5.54 Å². The van der Waals surface area contributed by atoms with Crippen molar-refractivity contribution in [1.29, 1.82) is 0 Å². The van der Waals surface area contributed by atoms with Gasteiger partial charge in [-0.25, -0.2) is 0 Å². The number of halogens is 2. The van der Waals surface area contributed by atoms with Gasteiger partial charge in [-0.1, -0.05) is 23.2 Å². The minimum absolute atomic E-state index is 0.196. The van der Waals surface area contributed by atoms with Crippen LogP contribution in [0.2, 0.25) is 10.0 Å². The molecule has 1 heterocycles. The molecule has 0 saturated carbocycles. The van der Waals surface area contributed by atoms with Crippen LogP contribution in [0, 0.1) is 0 Å². The summed E-state index contributed by atoms with van der Waals surface area (Å²) in [6.07, 6.45) is 4.38. The van der Waals surface area contributed by atoms with Gasteiger partial charge in [0.15, 0.2) is 0 Å². The summed E-state index contributed by atoms with van der Waals surface area (Å²) in [6, 6.07) is 5.83. The van der Waals surface area contributed by atoms with E-state index in [4.69, 9.17) is 23.2 Å². The molecule has 20 heavy (non-hydrogen) atoms. The van der Waals surface area contributed by atoms with Crippen molar-refractivity contribution in [2.24, 2.45) is 0 Å². The Labute approximate surface area is 131 Å². The average Bonchev–Trinajstić information content (AvgIpc) is 2.70. The molecule has 0 aliphatic rings. The zero-order valence-corrected chi connectivity index (χ0v) is 13.9. The van der Waals surface area contributed by atoms with Crippen LogP contribution in [-0.4, -0.2) is 16.7 Å². The van der Waals surface area contributed by atoms with Gasteiger partial charge < -0.3 is 9.88 Å². The summed E-state index contributed by atoms with van der Waals surface area (Å²) in [5.74, 6) is 0. The van der Waals surface area contributed by atoms with Crippen LogP contribution in [0.4, 0.5) is 0 Å². The second-order valence-corrected chi connectivity index (χ2v) is 7.06. The monoisotopic (exact) mass is 312 g/mol. The zero-order valence-electron chi connectivity index (χ0n) is 12.3. The van der Waals surface area contributed by atoms with Crippen LogP contribution in [0.5, 0.6) is 0 Å². The van der Waals surface area contributed by atoms with Crippen molar-refractivity contribution >= 4 is 34.1 Å². The Morgan fingerprint density at radius 1 is 1.15 bits per heavy atom. The van der Waals surface area contributed by atoms with E-state index in [1.165, 1.54) is 0 Å². The Morgan fingerprint density at radius 3 is 2.60 bits per heavy atom. The quantitative estimate of drug-likeness (QED) is 0.758. The van der Waals surface area contributed by atoms with E-state index in [1.807, 2.05) is 6.07 Å². The highest BCUT2D eigenvalue weighted by atomic mass is 35.5. The van der Waals surface area contributed by atoms with Gasteiger partial charge in [0.05, 0.1) is 10.5 Å². The number of benzene rings is 1. The second kappa shape index (κ2) is 6.38. The normalized spacial score (nSPS) is 12.2. The molecule has 2 aromatic rings. The maximum atomic E-state index is 6.20. The Kier molecular flexibility index (Phi) is 5.00. The molecule has 0 fully saturated rings. The van der Waals surface area contributed by atoms with Crippen LogP contribution in [0.3, 0.4) is 0 Å². The molecule has 0 aliphatic heterocycles. The standard InChI is InChI=1S/C16H22Cl2N2/c1-16(2,3)19-7-4-5-8-20-9-6-13-14(18)10-12(17)11-15(13)20/h6,9-11,19H,4-5,7-8H2,1-3H3. The third kappa shape index (κ3) is 4.15. The van der Waals surface area contributed by atoms with Crippen LogP contribution in [0.25, 0.3) is 10.9 Å². The van der Waals surface area contributed by atoms with E-state index in [0.717, 1.165) is 41.9 Å². The molecule has 0 amide bonds. The third-order valence-corrected chi connectivity index (χ3v) is 3.82. The Balaban J connectivity index is 1.94. The van der Waals surface area contributed by atoms with Gasteiger partial charge in [-0.2, -0.15) is 0 Å². The van der Waals surface area contributed by atoms with Crippen molar-refractivity contribution in [2.75, 3.05) is 6.54 Å². The molecule has 0 bridgehead atoms. The zero-order chi connectivity index (χ0) is 14.8. The van der Waals surface area contributed by atoms with E-state index < -0.39 is 0 Å². The number of hydrogen-bond donors (Lipinski definition) is 1. The first-order valence-corrected chi connectivity index (χ1v) is 7.81. The van der Waals surface area contributed by atoms with Gasteiger partial charge in [0.25, 0.3) is 0 Å². The number of nitrogens with one attached hydrogen (secondary N) is 1. The third-order valence-electron chi connectivity index (χ3n) is 3.28. The topological polar surface area (TPSA) is 17.0 Å². The van der Waals surface area contributed by atoms with E-state index in [9.17, 15) is 0 Å². The predicted octanol–water partition coefficient (Wildman–Crippen LogP) is 5.12. The highest BCUT2D eigenvalue weighted by molar-refractivity contribution is 6.38. The number of nitrogens with zero attached hydrogens (tertiary/aromatic N) is 1. The summed E-state index contributed by atoms with van der Waals surface area (Å²) in [7, 11) is 0. The molecule has 0 spiro atoms. The lowest BCUT2D eigenvalue weighted by atomic mass is 10.1. The average molecular weight is 313 g/mol. The Morgan fingerprint density at radius 2 is 1.90 bits per heavy atom. The maximum Gasteiger partial charge on any atom is 0.0514 e. The van der Waals surface area contributed by atoms with Crippen LogP contribution in [-0.2, 0) is 6.54 Å². The summed E-state index contributed by atoms with van der Waals surface area (Å²) < 4.78 is 2.23. The highest BCUT2D eigenvalue weighted by Gasteiger charge is 2.08. The second-order valence-electron chi connectivity index (χ2n) is 6.21. The Hall–Kier alpha value is -0.700. The summed E-state index contributed by atoms with van der Waals surface area (Å²) in [5.41, 5.74) is 1.31. The number of aromatic nitrogens is 1. The van der Waals surface area contributed by atoms with Gasteiger partial charge in [-0.05, 0) is 58.4 Å². The first-order chi connectivity index (χ1) is 9.37. The molecule has 1 N–H and O–H groups in total.